The van der Waals surface area contributed by atoms with E-state index in [0.29, 0.717) is 6.04 Å². The standard InChI is InChI=1S/C16H14N6S4/c1-23-16-19-13-12(25-16)14(18-8-17-13)26-15-21-20-11(22(15)9-4-5-9)7-10-3-2-6-24-10/h2-3,6,8-9H,4-5,7H2,1H3. The number of thiophene rings is 1. The van der Waals surface area contributed by atoms with E-state index >= 15 is 0 Å². The van der Waals surface area contributed by atoms with Crippen LogP contribution in [-0.2, 0) is 6.42 Å². The molecule has 5 rings (SSSR count). The van der Waals surface area contributed by atoms with Crippen molar-refractivity contribution in [3.63, 3.8) is 0 Å². The quantitative estimate of drug-likeness (QED) is 0.336. The first-order valence-corrected chi connectivity index (χ1v) is 11.8. The van der Waals surface area contributed by atoms with Crippen molar-refractivity contribution in [3.05, 3.63) is 34.5 Å². The van der Waals surface area contributed by atoms with Crippen molar-refractivity contribution in [1.29, 1.82) is 0 Å². The highest BCUT2D eigenvalue weighted by atomic mass is 32.2. The SMILES string of the molecule is CSc1nc2ncnc(Sc3nnc(Cc4cccs4)n3C3CC3)c2s1. The van der Waals surface area contributed by atoms with Gasteiger partial charge in [-0.1, -0.05) is 17.8 Å². The van der Waals surface area contributed by atoms with Crippen LogP contribution >= 0.6 is 46.2 Å². The maximum absolute atomic E-state index is 4.53. The molecule has 0 amide bonds. The van der Waals surface area contributed by atoms with E-state index in [1.54, 1.807) is 52.5 Å². The number of hydrogen-bond donors (Lipinski definition) is 0. The van der Waals surface area contributed by atoms with Gasteiger partial charge in [-0.2, -0.15) is 0 Å². The molecule has 6 nitrogen and oxygen atoms in total. The van der Waals surface area contributed by atoms with Crippen LogP contribution in [0.4, 0.5) is 0 Å². The van der Waals surface area contributed by atoms with E-state index < -0.39 is 0 Å². The molecule has 0 aromatic carbocycles. The predicted molar refractivity (Wildman–Crippen MR) is 107 cm³/mol. The first-order valence-electron chi connectivity index (χ1n) is 8.11. The summed E-state index contributed by atoms with van der Waals surface area (Å²) >= 11 is 6.60. The molecule has 0 saturated heterocycles. The third-order valence-corrected chi connectivity index (χ3v) is 8.07. The van der Waals surface area contributed by atoms with Gasteiger partial charge < -0.3 is 4.57 Å². The molecule has 1 fully saturated rings. The summed E-state index contributed by atoms with van der Waals surface area (Å²) in [6.07, 6.45) is 6.83. The Hall–Kier alpha value is -1.49. The lowest BCUT2D eigenvalue weighted by Crippen LogP contribution is -2.03. The van der Waals surface area contributed by atoms with Gasteiger partial charge in [0.2, 0.25) is 0 Å². The first kappa shape index (κ1) is 16.7. The topological polar surface area (TPSA) is 69.4 Å². The Bertz CT molecular complexity index is 1050. The molecule has 0 atom stereocenters. The Labute approximate surface area is 166 Å². The monoisotopic (exact) mass is 418 g/mol. The number of thiazole rings is 1. The molecule has 0 unspecified atom stereocenters. The van der Waals surface area contributed by atoms with Gasteiger partial charge in [0.15, 0.2) is 15.1 Å². The van der Waals surface area contributed by atoms with Crippen LogP contribution in [-0.4, -0.2) is 36.0 Å². The van der Waals surface area contributed by atoms with Gasteiger partial charge in [-0.05, 0) is 42.3 Å². The number of aromatic nitrogens is 6. The molecule has 4 aromatic rings. The van der Waals surface area contributed by atoms with Crippen LogP contribution in [0.15, 0.2) is 38.4 Å². The fourth-order valence-electron chi connectivity index (χ4n) is 2.73. The summed E-state index contributed by atoms with van der Waals surface area (Å²) in [4.78, 5) is 14.6. The van der Waals surface area contributed by atoms with Crippen molar-refractivity contribution in [2.75, 3.05) is 6.26 Å². The van der Waals surface area contributed by atoms with Crippen LogP contribution in [0.3, 0.4) is 0 Å². The Kier molecular flexibility index (Phi) is 4.43. The Morgan fingerprint density at radius 1 is 1.27 bits per heavy atom. The zero-order valence-electron chi connectivity index (χ0n) is 13.8. The van der Waals surface area contributed by atoms with Gasteiger partial charge in [-0.15, -0.1) is 32.9 Å². The summed E-state index contributed by atoms with van der Waals surface area (Å²) in [6, 6.07) is 4.75. The largest absolute Gasteiger partial charge is 0.302 e. The molecule has 1 aliphatic rings. The zero-order valence-corrected chi connectivity index (χ0v) is 17.1. The van der Waals surface area contributed by atoms with Gasteiger partial charge in [0.05, 0.1) is 0 Å². The van der Waals surface area contributed by atoms with E-state index in [4.69, 9.17) is 0 Å². The van der Waals surface area contributed by atoms with Crippen molar-refractivity contribution >= 4 is 56.5 Å². The van der Waals surface area contributed by atoms with Crippen LogP contribution in [0.2, 0.25) is 0 Å². The third-order valence-electron chi connectivity index (χ3n) is 4.06. The summed E-state index contributed by atoms with van der Waals surface area (Å²) in [7, 11) is 0. The van der Waals surface area contributed by atoms with E-state index in [2.05, 4.69) is 47.2 Å². The normalized spacial score (nSPS) is 14.3. The van der Waals surface area contributed by atoms with Crippen LogP contribution in [0.25, 0.3) is 10.3 Å². The lowest BCUT2D eigenvalue weighted by Gasteiger charge is -2.08. The van der Waals surface area contributed by atoms with Crippen molar-refractivity contribution in [2.45, 2.75) is 39.8 Å². The average Bonchev–Trinajstić information content (AvgIpc) is 3.07. The predicted octanol–water partition coefficient (Wildman–Crippen LogP) is 4.54. The third kappa shape index (κ3) is 3.15. The van der Waals surface area contributed by atoms with Crippen LogP contribution in [0.5, 0.6) is 0 Å². The van der Waals surface area contributed by atoms with Gasteiger partial charge in [0.25, 0.3) is 0 Å². The summed E-state index contributed by atoms with van der Waals surface area (Å²) < 4.78 is 4.32. The van der Waals surface area contributed by atoms with Crippen molar-refractivity contribution in [1.82, 2.24) is 29.7 Å². The molecule has 1 aliphatic carbocycles. The Morgan fingerprint density at radius 2 is 2.19 bits per heavy atom. The van der Waals surface area contributed by atoms with E-state index in [9.17, 15) is 0 Å². The van der Waals surface area contributed by atoms with Crippen molar-refractivity contribution < 1.29 is 0 Å². The number of fused-ring (bicyclic) bond motifs is 1. The highest BCUT2D eigenvalue weighted by molar-refractivity contribution is 8.00. The lowest BCUT2D eigenvalue weighted by atomic mass is 10.3. The van der Waals surface area contributed by atoms with Gasteiger partial charge in [-0.25, -0.2) is 15.0 Å². The van der Waals surface area contributed by atoms with E-state index in [0.717, 1.165) is 37.1 Å². The van der Waals surface area contributed by atoms with Crippen LogP contribution in [0.1, 0.15) is 29.6 Å². The zero-order chi connectivity index (χ0) is 17.5. The summed E-state index contributed by atoms with van der Waals surface area (Å²) in [5, 5.41) is 12.9. The molecule has 26 heavy (non-hydrogen) atoms. The second-order valence-corrected chi connectivity index (χ2v) is 9.91. The van der Waals surface area contributed by atoms with E-state index in [1.807, 2.05) is 6.26 Å². The number of nitrogens with zero attached hydrogens (tertiary/aromatic N) is 6. The molecule has 4 aromatic heterocycles. The van der Waals surface area contributed by atoms with E-state index in [-0.39, 0.29) is 0 Å². The number of hydrogen-bond acceptors (Lipinski definition) is 9. The minimum Gasteiger partial charge on any atom is -0.302 e. The Morgan fingerprint density at radius 3 is 2.96 bits per heavy atom. The molecule has 10 heteroatoms. The average molecular weight is 419 g/mol. The summed E-state index contributed by atoms with van der Waals surface area (Å²) in [5.74, 6) is 1.04. The molecule has 4 heterocycles. The van der Waals surface area contributed by atoms with Gasteiger partial charge in [0, 0.05) is 17.3 Å². The van der Waals surface area contributed by atoms with E-state index in [1.165, 1.54) is 17.7 Å². The van der Waals surface area contributed by atoms with Gasteiger partial charge in [-0.3, -0.25) is 0 Å². The summed E-state index contributed by atoms with van der Waals surface area (Å²) in [5.41, 5.74) is 0.758. The molecule has 0 bridgehead atoms. The maximum atomic E-state index is 4.53. The minimum atomic E-state index is 0.517. The van der Waals surface area contributed by atoms with Crippen LogP contribution < -0.4 is 0 Å². The minimum absolute atomic E-state index is 0.517. The smallest absolute Gasteiger partial charge is 0.197 e. The maximum Gasteiger partial charge on any atom is 0.197 e. The van der Waals surface area contributed by atoms with Crippen LogP contribution in [0, 0.1) is 0 Å². The van der Waals surface area contributed by atoms with Crippen molar-refractivity contribution in [2.24, 2.45) is 0 Å². The van der Waals surface area contributed by atoms with Crippen molar-refractivity contribution in [3.8, 4) is 0 Å². The highest BCUT2D eigenvalue weighted by Crippen LogP contribution is 2.42. The highest BCUT2D eigenvalue weighted by Gasteiger charge is 2.30. The van der Waals surface area contributed by atoms with Gasteiger partial charge in [0.1, 0.15) is 21.9 Å². The second kappa shape index (κ2) is 6.91. The number of rotatable bonds is 6. The summed E-state index contributed by atoms with van der Waals surface area (Å²) in [6.45, 7) is 0. The number of thioether (sulfide) groups is 1. The fourth-order valence-corrected chi connectivity index (χ4v) is 5.97. The molecular formula is C16H14N6S4. The second-order valence-electron chi connectivity index (χ2n) is 5.87. The molecular weight excluding hydrogens is 404 g/mol. The lowest BCUT2D eigenvalue weighted by molar-refractivity contribution is 0.635. The molecule has 0 radical (unpaired) electrons. The molecule has 1 saturated carbocycles. The van der Waals surface area contributed by atoms with Gasteiger partial charge >= 0.3 is 0 Å². The fraction of sp³-hybridized carbons (Fsp3) is 0.312. The Balaban J connectivity index is 1.51. The first-order chi connectivity index (χ1) is 12.8. The molecule has 132 valence electrons. The molecule has 0 spiro atoms. The molecule has 0 aliphatic heterocycles. The molecule has 0 N–H and O–H groups in total.